The number of benzene rings is 1. The summed E-state index contributed by atoms with van der Waals surface area (Å²) >= 11 is 0. The molecule has 17 heavy (non-hydrogen) atoms. The van der Waals surface area contributed by atoms with Crippen molar-refractivity contribution < 1.29 is 13.2 Å². The Bertz CT molecular complexity index is 590. The van der Waals surface area contributed by atoms with Crippen molar-refractivity contribution in [2.75, 3.05) is 6.54 Å². The highest BCUT2D eigenvalue weighted by molar-refractivity contribution is 5.86. The lowest BCUT2D eigenvalue weighted by molar-refractivity contribution is 0.0899. The summed E-state index contributed by atoms with van der Waals surface area (Å²) in [6.45, 7) is -0.179. The SMILES string of the molecule is NCC1(c2c[nH]c3cccc(F)c23)CC1(F)F. The van der Waals surface area contributed by atoms with E-state index >= 15 is 0 Å². The number of nitrogens with two attached hydrogens (primary N) is 1. The summed E-state index contributed by atoms with van der Waals surface area (Å²) < 4.78 is 40.6. The number of aromatic amines is 1. The molecule has 3 N–H and O–H groups in total. The average molecular weight is 240 g/mol. The molecule has 1 aliphatic rings. The fourth-order valence-corrected chi connectivity index (χ4v) is 2.48. The van der Waals surface area contributed by atoms with Crippen molar-refractivity contribution in [3.63, 3.8) is 0 Å². The van der Waals surface area contributed by atoms with Gasteiger partial charge in [0.15, 0.2) is 0 Å². The summed E-state index contributed by atoms with van der Waals surface area (Å²) in [6, 6.07) is 4.47. The van der Waals surface area contributed by atoms with Gasteiger partial charge in [0.25, 0.3) is 5.92 Å². The third-order valence-electron chi connectivity index (χ3n) is 3.62. The highest BCUT2D eigenvalue weighted by atomic mass is 19.3. The van der Waals surface area contributed by atoms with Crippen LogP contribution in [0.2, 0.25) is 0 Å². The Morgan fingerprint density at radius 1 is 1.35 bits per heavy atom. The van der Waals surface area contributed by atoms with E-state index in [9.17, 15) is 13.2 Å². The summed E-state index contributed by atoms with van der Waals surface area (Å²) in [4.78, 5) is 2.82. The van der Waals surface area contributed by atoms with Crippen LogP contribution in [-0.4, -0.2) is 17.5 Å². The molecule has 0 spiro atoms. The van der Waals surface area contributed by atoms with Gasteiger partial charge in [-0.05, 0) is 17.7 Å². The van der Waals surface area contributed by atoms with Gasteiger partial charge in [0, 0.05) is 30.1 Å². The molecule has 3 rings (SSSR count). The van der Waals surface area contributed by atoms with E-state index in [1.54, 1.807) is 6.07 Å². The van der Waals surface area contributed by atoms with Gasteiger partial charge in [-0.15, -0.1) is 0 Å². The van der Waals surface area contributed by atoms with E-state index < -0.39 is 17.2 Å². The Kier molecular flexibility index (Phi) is 1.91. The minimum Gasteiger partial charge on any atom is -0.361 e. The van der Waals surface area contributed by atoms with Crippen LogP contribution in [0.3, 0.4) is 0 Å². The van der Waals surface area contributed by atoms with Gasteiger partial charge < -0.3 is 10.7 Å². The fourth-order valence-electron chi connectivity index (χ4n) is 2.48. The maximum Gasteiger partial charge on any atom is 0.260 e. The number of aromatic nitrogens is 1. The molecule has 2 aromatic rings. The summed E-state index contributed by atoms with van der Waals surface area (Å²) in [6.07, 6.45) is 1.14. The number of rotatable bonds is 2. The fraction of sp³-hybridized carbons (Fsp3) is 0.333. The number of fused-ring (bicyclic) bond motifs is 1. The molecule has 0 radical (unpaired) electrons. The molecule has 0 amide bonds. The van der Waals surface area contributed by atoms with E-state index in [-0.39, 0.29) is 23.9 Å². The van der Waals surface area contributed by atoms with Gasteiger partial charge in [-0.25, -0.2) is 13.2 Å². The first-order valence-electron chi connectivity index (χ1n) is 5.36. The molecular formula is C12H11F3N2. The van der Waals surface area contributed by atoms with Gasteiger partial charge in [0.2, 0.25) is 0 Å². The second-order valence-corrected chi connectivity index (χ2v) is 4.53. The van der Waals surface area contributed by atoms with Crippen molar-refractivity contribution in [1.29, 1.82) is 0 Å². The Labute approximate surface area is 95.6 Å². The van der Waals surface area contributed by atoms with Crippen LogP contribution in [0.5, 0.6) is 0 Å². The van der Waals surface area contributed by atoms with Crippen LogP contribution < -0.4 is 5.73 Å². The summed E-state index contributed by atoms with van der Waals surface area (Å²) in [5, 5.41) is 0.232. The zero-order chi connectivity index (χ0) is 12.3. The lowest BCUT2D eigenvalue weighted by Crippen LogP contribution is -2.26. The standard InChI is InChI=1S/C12H11F3N2/c13-8-2-1-3-9-10(8)7(4-17-9)11(6-16)5-12(11,14)15/h1-4,17H,5-6,16H2. The van der Waals surface area contributed by atoms with Crippen molar-refractivity contribution in [3.8, 4) is 0 Å². The predicted octanol–water partition coefficient (Wildman–Crippen LogP) is 2.54. The monoisotopic (exact) mass is 240 g/mol. The minimum atomic E-state index is -2.83. The van der Waals surface area contributed by atoms with Crippen molar-refractivity contribution in [2.45, 2.75) is 17.8 Å². The van der Waals surface area contributed by atoms with Crippen LogP contribution in [0.1, 0.15) is 12.0 Å². The molecule has 1 atom stereocenters. The molecule has 5 heteroatoms. The van der Waals surface area contributed by atoms with Gasteiger partial charge in [0.05, 0.1) is 5.41 Å². The van der Waals surface area contributed by atoms with E-state index in [2.05, 4.69) is 4.98 Å². The van der Waals surface area contributed by atoms with Crippen LogP contribution in [-0.2, 0) is 5.41 Å². The molecule has 1 fully saturated rings. The number of halogens is 3. The van der Waals surface area contributed by atoms with E-state index in [0.29, 0.717) is 5.52 Å². The third-order valence-corrected chi connectivity index (χ3v) is 3.62. The molecule has 1 aromatic heterocycles. The third kappa shape index (κ3) is 1.20. The number of alkyl halides is 2. The predicted molar refractivity (Wildman–Crippen MR) is 58.6 cm³/mol. The normalized spacial score (nSPS) is 26.4. The molecule has 1 saturated carbocycles. The van der Waals surface area contributed by atoms with Gasteiger partial charge >= 0.3 is 0 Å². The van der Waals surface area contributed by atoms with Crippen molar-refractivity contribution in [1.82, 2.24) is 4.98 Å². The van der Waals surface area contributed by atoms with Crippen LogP contribution >= 0.6 is 0 Å². The Hall–Kier alpha value is -1.49. The quantitative estimate of drug-likeness (QED) is 0.832. The molecule has 0 saturated heterocycles. The molecule has 1 aromatic carbocycles. The lowest BCUT2D eigenvalue weighted by atomic mass is 9.94. The van der Waals surface area contributed by atoms with Crippen LogP contribution in [0, 0.1) is 5.82 Å². The lowest BCUT2D eigenvalue weighted by Gasteiger charge is -2.13. The second-order valence-electron chi connectivity index (χ2n) is 4.53. The summed E-state index contributed by atoms with van der Waals surface area (Å²) in [7, 11) is 0. The Morgan fingerprint density at radius 3 is 2.65 bits per heavy atom. The van der Waals surface area contributed by atoms with E-state index in [1.165, 1.54) is 18.3 Å². The topological polar surface area (TPSA) is 41.8 Å². The maximum absolute atomic E-state index is 13.7. The molecular weight excluding hydrogens is 229 g/mol. The first-order chi connectivity index (χ1) is 8.02. The Morgan fingerprint density at radius 2 is 2.06 bits per heavy atom. The van der Waals surface area contributed by atoms with Crippen LogP contribution in [0.15, 0.2) is 24.4 Å². The number of hydrogen-bond acceptors (Lipinski definition) is 1. The minimum absolute atomic E-state index is 0.179. The van der Waals surface area contributed by atoms with Crippen molar-refractivity contribution >= 4 is 10.9 Å². The molecule has 0 bridgehead atoms. The molecule has 1 heterocycles. The highest BCUT2D eigenvalue weighted by Crippen LogP contribution is 2.62. The molecule has 90 valence electrons. The van der Waals surface area contributed by atoms with Gasteiger partial charge in [0.1, 0.15) is 5.82 Å². The second kappa shape index (κ2) is 3.04. The van der Waals surface area contributed by atoms with E-state index in [1.807, 2.05) is 0 Å². The van der Waals surface area contributed by atoms with E-state index in [0.717, 1.165) is 0 Å². The first kappa shape index (κ1) is 10.7. The highest BCUT2D eigenvalue weighted by Gasteiger charge is 2.71. The molecule has 0 aliphatic heterocycles. The van der Waals surface area contributed by atoms with Crippen LogP contribution in [0.4, 0.5) is 13.2 Å². The first-order valence-corrected chi connectivity index (χ1v) is 5.36. The molecule has 1 aliphatic carbocycles. The molecule has 1 unspecified atom stereocenters. The summed E-state index contributed by atoms with van der Waals surface area (Å²) in [5.41, 5.74) is 4.88. The number of nitrogens with one attached hydrogen (secondary N) is 1. The zero-order valence-electron chi connectivity index (χ0n) is 8.93. The van der Waals surface area contributed by atoms with Crippen molar-refractivity contribution in [2.24, 2.45) is 5.73 Å². The van der Waals surface area contributed by atoms with Gasteiger partial charge in [-0.2, -0.15) is 0 Å². The largest absolute Gasteiger partial charge is 0.361 e. The van der Waals surface area contributed by atoms with Gasteiger partial charge in [-0.1, -0.05) is 6.07 Å². The van der Waals surface area contributed by atoms with Crippen molar-refractivity contribution in [3.05, 3.63) is 35.8 Å². The summed E-state index contributed by atoms with van der Waals surface area (Å²) in [5.74, 6) is -3.33. The van der Waals surface area contributed by atoms with Gasteiger partial charge in [-0.3, -0.25) is 0 Å². The Balaban J connectivity index is 2.26. The van der Waals surface area contributed by atoms with Crippen LogP contribution in [0.25, 0.3) is 10.9 Å². The zero-order valence-corrected chi connectivity index (χ0v) is 8.93. The molecule has 2 nitrogen and oxygen atoms in total. The van der Waals surface area contributed by atoms with E-state index in [4.69, 9.17) is 5.73 Å². The average Bonchev–Trinajstić information content (AvgIpc) is 2.68. The smallest absolute Gasteiger partial charge is 0.260 e. The number of H-pyrrole nitrogens is 1. The maximum atomic E-state index is 13.7. The number of hydrogen-bond donors (Lipinski definition) is 2.